The van der Waals surface area contributed by atoms with Crippen molar-refractivity contribution in [2.24, 2.45) is 11.7 Å². The molecule has 98 valence electrons. The molecule has 0 spiro atoms. The molecule has 0 radical (unpaired) electrons. The molecular weight excluding hydrogens is 264 g/mol. The molecule has 1 aliphatic rings. The zero-order valence-corrected chi connectivity index (χ0v) is 12.1. The van der Waals surface area contributed by atoms with Crippen LogP contribution < -0.4 is 5.73 Å². The topological polar surface area (TPSA) is 29.3 Å². The minimum atomic E-state index is 0. The van der Waals surface area contributed by atoms with E-state index in [1.54, 1.807) is 0 Å². The van der Waals surface area contributed by atoms with Gasteiger partial charge in [0.25, 0.3) is 0 Å². The Morgan fingerprint density at radius 1 is 1.33 bits per heavy atom. The van der Waals surface area contributed by atoms with Crippen LogP contribution in [0, 0.1) is 5.92 Å². The molecule has 1 aromatic heterocycles. The molecule has 2 unspecified atom stereocenters. The molecule has 18 heavy (non-hydrogen) atoms. The highest BCUT2D eigenvalue weighted by Gasteiger charge is 2.26. The molecule has 0 aliphatic carbocycles. The Hall–Kier alpha value is -0.610. The van der Waals surface area contributed by atoms with Gasteiger partial charge in [0.1, 0.15) is 0 Å². The number of hydrogen-bond acceptors (Lipinski definition) is 3. The SMILES string of the molecule is CC1CN(Cc2cc3ccccc3s2)CC1N.Cl. The number of nitrogens with zero attached hydrogens (tertiary/aromatic N) is 1. The Kier molecular flexibility index (Phi) is 4.28. The smallest absolute Gasteiger partial charge is 0.0346 e. The number of rotatable bonds is 2. The summed E-state index contributed by atoms with van der Waals surface area (Å²) in [6.07, 6.45) is 0. The molecule has 2 aromatic rings. The highest BCUT2D eigenvalue weighted by molar-refractivity contribution is 7.19. The molecule has 2 nitrogen and oxygen atoms in total. The Balaban J connectivity index is 0.00000120. The molecule has 1 aromatic carbocycles. The normalized spacial score (nSPS) is 24.3. The molecule has 0 bridgehead atoms. The number of benzene rings is 1. The summed E-state index contributed by atoms with van der Waals surface area (Å²) in [5, 5.41) is 1.36. The van der Waals surface area contributed by atoms with Crippen LogP contribution in [0.15, 0.2) is 30.3 Å². The van der Waals surface area contributed by atoms with E-state index in [0.717, 1.165) is 19.6 Å². The van der Waals surface area contributed by atoms with Crippen LogP contribution in [0.5, 0.6) is 0 Å². The van der Waals surface area contributed by atoms with Crippen LogP contribution in [0.3, 0.4) is 0 Å². The summed E-state index contributed by atoms with van der Waals surface area (Å²) in [7, 11) is 0. The molecule has 4 heteroatoms. The van der Waals surface area contributed by atoms with Crippen molar-refractivity contribution in [3.8, 4) is 0 Å². The lowest BCUT2D eigenvalue weighted by atomic mass is 10.1. The van der Waals surface area contributed by atoms with Gasteiger partial charge in [0.2, 0.25) is 0 Å². The summed E-state index contributed by atoms with van der Waals surface area (Å²) in [6.45, 7) is 5.47. The van der Waals surface area contributed by atoms with Crippen molar-refractivity contribution in [3.63, 3.8) is 0 Å². The Morgan fingerprint density at radius 3 is 2.78 bits per heavy atom. The maximum Gasteiger partial charge on any atom is 0.0346 e. The second kappa shape index (κ2) is 5.57. The van der Waals surface area contributed by atoms with Gasteiger partial charge >= 0.3 is 0 Å². The second-order valence-electron chi connectivity index (χ2n) is 5.09. The quantitative estimate of drug-likeness (QED) is 0.917. The highest BCUT2D eigenvalue weighted by atomic mass is 35.5. The van der Waals surface area contributed by atoms with Crippen LogP contribution in [0.2, 0.25) is 0 Å². The van der Waals surface area contributed by atoms with Gasteiger partial charge in [-0.05, 0) is 23.4 Å². The van der Waals surface area contributed by atoms with E-state index < -0.39 is 0 Å². The summed E-state index contributed by atoms with van der Waals surface area (Å²) in [6, 6.07) is 11.3. The molecule has 1 fully saturated rings. The average Bonchev–Trinajstić information content (AvgIpc) is 2.83. The van der Waals surface area contributed by atoms with E-state index >= 15 is 0 Å². The lowest BCUT2D eigenvalue weighted by Crippen LogP contribution is -2.28. The van der Waals surface area contributed by atoms with Gasteiger partial charge in [-0.3, -0.25) is 4.90 Å². The zero-order chi connectivity index (χ0) is 11.8. The van der Waals surface area contributed by atoms with Crippen LogP contribution >= 0.6 is 23.7 Å². The van der Waals surface area contributed by atoms with Gasteiger partial charge in [0.15, 0.2) is 0 Å². The summed E-state index contributed by atoms with van der Waals surface area (Å²) in [4.78, 5) is 3.92. The van der Waals surface area contributed by atoms with Crippen molar-refractivity contribution < 1.29 is 0 Å². The maximum atomic E-state index is 6.06. The molecule has 2 atom stereocenters. The molecule has 3 rings (SSSR count). The van der Waals surface area contributed by atoms with Crippen molar-refractivity contribution in [1.82, 2.24) is 4.90 Å². The molecule has 2 N–H and O–H groups in total. The summed E-state index contributed by atoms with van der Waals surface area (Å²) < 4.78 is 1.39. The van der Waals surface area contributed by atoms with E-state index in [1.807, 2.05) is 11.3 Å². The van der Waals surface area contributed by atoms with Crippen LogP contribution in [0.4, 0.5) is 0 Å². The van der Waals surface area contributed by atoms with Gasteiger partial charge < -0.3 is 5.73 Å². The summed E-state index contributed by atoms with van der Waals surface area (Å²) in [5.41, 5.74) is 6.06. The number of likely N-dealkylation sites (tertiary alicyclic amines) is 1. The van der Waals surface area contributed by atoms with E-state index in [0.29, 0.717) is 12.0 Å². The largest absolute Gasteiger partial charge is 0.326 e. The van der Waals surface area contributed by atoms with Crippen LogP contribution in [-0.4, -0.2) is 24.0 Å². The maximum absolute atomic E-state index is 6.06. The fraction of sp³-hybridized carbons (Fsp3) is 0.429. The zero-order valence-electron chi connectivity index (χ0n) is 10.5. The van der Waals surface area contributed by atoms with Gasteiger partial charge in [0.05, 0.1) is 0 Å². The predicted octanol–water partition coefficient (Wildman–Crippen LogP) is 3.10. The Labute approximate surface area is 118 Å². The molecule has 1 saturated heterocycles. The number of fused-ring (bicyclic) bond motifs is 1. The van der Waals surface area contributed by atoms with Crippen molar-refractivity contribution in [2.75, 3.05) is 13.1 Å². The van der Waals surface area contributed by atoms with Gasteiger partial charge in [0, 0.05) is 35.3 Å². The van der Waals surface area contributed by atoms with Crippen LogP contribution in [0.1, 0.15) is 11.8 Å². The fourth-order valence-corrected chi connectivity index (χ4v) is 3.67. The first-order chi connectivity index (χ1) is 8.22. The third-order valence-corrected chi connectivity index (χ3v) is 4.70. The molecule has 2 heterocycles. The highest BCUT2D eigenvalue weighted by Crippen LogP contribution is 2.27. The number of halogens is 1. The number of thiophene rings is 1. The molecule has 0 amide bonds. The third-order valence-electron chi connectivity index (χ3n) is 3.60. The number of nitrogens with two attached hydrogens (primary N) is 1. The first kappa shape index (κ1) is 13.8. The van der Waals surface area contributed by atoms with Crippen molar-refractivity contribution in [3.05, 3.63) is 35.2 Å². The van der Waals surface area contributed by atoms with E-state index in [1.165, 1.54) is 15.0 Å². The Bertz CT molecular complexity index is 482. The first-order valence-corrected chi connectivity index (χ1v) is 6.99. The van der Waals surface area contributed by atoms with Gasteiger partial charge in [-0.1, -0.05) is 25.1 Å². The summed E-state index contributed by atoms with van der Waals surface area (Å²) in [5.74, 6) is 0.629. The van der Waals surface area contributed by atoms with E-state index in [-0.39, 0.29) is 12.4 Å². The minimum absolute atomic E-state index is 0. The van der Waals surface area contributed by atoms with Gasteiger partial charge in [-0.15, -0.1) is 23.7 Å². The molecule has 1 aliphatic heterocycles. The minimum Gasteiger partial charge on any atom is -0.326 e. The van der Waals surface area contributed by atoms with Crippen molar-refractivity contribution >= 4 is 33.8 Å². The van der Waals surface area contributed by atoms with E-state index in [9.17, 15) is 0 Å². The summed E-state index contributed by atoms with van der Waals surface area (Å²) >= 11 is 1.90. The second-order valence-corrected chi connectivity index (χ2v) is 6.25. The van der Waals surface area contributed by atoms with Gasteiger partial charge in [-0.2, -0.15) is 0 Å². The standard InChI is InChI=1S/C14H18N2S.ClH/c1-10-7-16(9-13(10)15)8-12-6-11-4-2-3-5-14(11)17-12;/h2-6,10,13H,7-9,15H2,1H3;1H. The predicted molar refractivity (Wildman–Crippen MR) is 81.5 cm³/mol. The monoisotopic (exact) mass is 282 g/mol. The van der Waals surface area contributed by atoms with Gasteiger partial charge in [-0.25, -0.2) is 0 Å². The first-order valence-electron chi connectivity index (χ1n) is 6.18. The van der Waals surface area contributed by atoms with Crippen molar-refractivity contribution in [2.45, 2.75) is 19.5 Å². The molecular formula is C14H19ClN2S. The third kappa shape index (κ3) is 2.69. The van der Waals surface area contributed by atoms with Crippen LogP contribution in [0.25, 0.3) is 10.1 Å². The fourth-order valence-electron chi connectivity index (χ4n) is 2.56. The molecule has 0 saturated carbocycles. The number of hydrogen-bond donors (Lipinski definition) is 1. The van der Waals surface area contributed by atoms with E-state index in [4.69, 9.17) is 5.73 Å². The van der Waals surface area contributed by atoms with Crippen molar-refractivity contribution in [1.29, 1.82) is 0 Å². The average molecular weight is 283 g/mol. The van der Waals surface area contributed by atoms with E-state index in [2.05, 4.69) is 42.2 Å². The lowest BCUT2D eigenvalue weighted by molar-refractivity contribution is 0.322. The van der Waals surface area contributed by atoms with Crippen LogP contribution in [-0.2, 0) is 6.54 Å². The lowest BCUT2D eigenvalue weighted by Gasteiger charge is -2.13. The Morgan fingerprint density at radius 2 is 2.11 bits per heavy atom.